The van der Waals surface area contributed by atoms with Gasteiger partial charge in [-0.3, -0.25) is 4.79 Å². The maximum Gasteiger partial charge on any atom is 0.406 e. The highest BCUT2D eigenvalue weighted by molar-refractivity contribution is 6.34. The molecule has 2 N–H and O–H groups in total. The van der Waals surface area contributed by atoms with Crippen molar-refractivity contribution in [3.63, 3.8) is 0 Å². The van der Waals surface area contributed by atoms with Gasteiger partial charge in [0.25, 0.3) is 5.91 Å². The third-order valence-electron chi connectivity index (χ3n) is 2.82. The molecular formula is C12H12ClF3N2O. The molecule has 0 radical (unpaired) electrons. The van der Waals surface area contributed by atoms with E-state index in [2.05, 4.69) is 0 Å². The van der Waals surface area contributed by atoms with Crippen LogP contribution in [0.5, 0.6) is 0 Å². The third-order valence-corrected chi connectivity index (χ3v) is 3.15. The zero-order valence-corrected chi connectivity index (χ0v) is 10.6. The Kier molecular flexibility index (Phi) is 3.62. The van der Waals surface area contributed by atoms with E-state index < -0.39 is 18.6 Å². The number of hydrogen-bond acceptors (Lipinski definition) is 2. The fourth-order valence-electron chi connectivity index (χ4n) is 1.81. The lowest BCUT2D eigenvalue weighted by atomic mass is 10.1. The molecule has 1 aliphatic rings. The van der Waals surface area contributed by atoms with Crippen molar-refractivity contribution >= 4 is 23.2 Å². The molecule has 0 spiro atoms. The second-order valence-electron chi connectivity index (χ2n) is 4.52. The number of alkyl halides is 3. The molecule has 1 amide bonds. The van der Waals surface area contributed by atoms with Crippen LogP contribution in [0.15, 0.2) is 18.2 Å². The van der Waals surface area contributed by atoms with E-state index in [0.717, 1.165) is 4.90 Å². The van der Waals surface area contributed by atoms with Gasteiger partial charge in [0.05, 0.1) is 10.6 Å². The zero-order chi connectivity index (χ0) is 14.2. The van der Waals surface area contributed by atoms with Crippen LogP contribution in [0, 0.1) is 0 Å². The standard InChI is InChI=1S/C12H12ClF3N2O/c13-10-4-1-7(17)5-9(10)11(19)18(8-2-3-8)6-12(14,15)16/h1,4-5,8H,2-3,6,17H2. The van der Waals surface area contributed by atoms with Crippen LogP contribution < -0.4 is 5.73 Å². The van der Waals surface area contributed by atoms with Crippen molar-refractivity contribution in [2.75, 3.05) is 12.3 Å². The van der Waals surface area contributed by atoms with E-state index in [1.807, 2.05) is 0 Å². The Morgan fingerprint density at radius 3 is 2.58 bits per heavy atom. The van der Waals surface area contributed by atoms with E-state index >= 15 is 0 Å². The fourth-order valence-corrected chi connectivity index (χ4v) is 2.01. The van der Waals surface area contributed by atoms with Crippen molar-refractivity contribution in [3.05, 3.63) is 28.8 Å². The van der Waals surface area contributed by atoms with E-state index in [1.54, 1.807) is 0 Å². The molecule has 1 aromatic carbocycles. The van der Waals surface area contributed by atoms with Gasteiger partial charge in [-0.1, -0.05) is 11.6 Å². The van der Waals surface area contributed by atoms with Crippen LogP contribution in [-0.4, -0.2) is 29.6 Å². The lowest BCUT2D eigenvalue weighted by Gasteiger charge is -2.24. The van der Waals surface area contributed by atoms with Crippen molar-refractivity contribution < 1.29 is 18.0 Å². The number of halogens is 4. The Bertz CT molecular complexity index is 500. The number of nitrogen functional groups attached to an aromatic ring is 1. The molecule has 0 atom stereocenters. The number of hydrogen-bond donors (Lipinski definition) is 1. The zero-order valence-electron chi connectivity index (χ0n) is 9.88. The normalized spacial score (nSPS) is 15.4. The van der Waals surface area contributed by atoms with E-state index in [-0.39, 0.29) is 22.3 Å². The van der Waals surface area contributed by atoms with Crippen LogP contribution in [0.1, 0.15) is 23.2 Å². The smallest absolute Gasteiger partial charge is 0.399 e. The van der Waals surface area contributed by atoms with Crippen molar-refractivity contribution in [2.45, 2.75) is 25.1 Å². The Morgan fingerprint density at radius 1 is 1.42 bits per heavy atom. The average molecular weight is 293 g/mol. The molecule has 0 saturated heterocycles. The second kappa shape index (κ2) is 4.92. The summed E-state index contributed by atoms with van der Waals surface area (Å²) < 4.78 is 37.5. The summed E-state index contributed by atoms with van der Waals surface area (Å²) in [6.07, 6.45) is -3.26. The van der Waals surface area contributed by atoms with Gasteiger partial charge in [0.2, 0.25) is 0 Å². The molecule has 1 saturated carbocycles. The van der Waals surface area contributed by atoms with Gasteiger partial charge in [-0.05, 0) is 31.0 Å². The monoisotopic (exact) mass is 292 g/mol. The van der Waals surface area contributed by atoms with Crippen LogP contribution in [-0.2, 0) is 0 Å². The summed E-state index contributed by atoms with van der Waals surface area (Å²) in [5.41, 5.74) is 5.83. The molecule has 7 heteroatoms. The molecule has 19 heavy (non-hydrogen) atoms. The lowest BCUT2D eigenvalue weighted by Crippen LogP contribution is -2.40. The van der Waals surface area contributed by atoms with Crippen LogP contribution in [0.4, 0.5) is 18.9 Å². The van der Waals surface area contributed by atoms with Gasteiger partial charge in [-0.15, -0.1) is 0 Å². The van der Waals surface area contributed by atoms with Gasteiger partial charge >= 0.3 is 6.18 Å². The predicted molar refractivity (Wildman–Crippen MR) is 66.0 cm³/mol. The minimum Gasteiger partial charge on any atom is -0.399 e. The molecule has 2 rings (SSSR count). The number of carbonyl (C=O) groups excluding carboxylic acids is 1. The molecule has 0 aromatic heterocycles. The SMILES string of the molecule is Nc1ccc(Cl)c(C(=O)N(CC(F)(F)F)C2CC2)c1. The van der Waals surface area contributed by atoms with Gasteiger partial charge in [0.1, 0.15) is 6.54 Å². The first-order chi connectivity index (χ1) is 8.78. The Morgan fingerprint density at radius 2 is 2.05 bits per heavy atom. The Balaban J connectivity index is 2.26. The number of amides is 1. The van der Waals surface area contributed by atoms with Crippen LogP contribution in [0.2, 0.25) is 5.02 Å². The minimum atomic E-state index is -4.43. The predicted octanol–water partition coefficient (Wildman–Crippen LogP) is 3.09. The van der Waals surface area contributed by atoms with Crippen molar-refractivity contribution in [3.8, 4) is 0 Å². The first-order valence-electron chi connectivity index (χ1n) is 5.70. The highest BCUT2D eigenvalue weighted by Crippen LogP contribution is 2.32. The molecule has 1 aliphatic carbocycles. The van der Waals surface area contributed by atoms with Crippen LogP contribution in [0.3, 0.4) is 0 Å². The summed E-state index contributed by atoms with van der Waals surface area (Å²) in [7, 11) is 0. The molecule has 0 unspecified atom stereocenters. The summed E-state index contributed by atoms with van der Waals surface area (Å²) in [5.74, 6) is -0.725. The van der Waals surface area contributed by atoms with E-state index in [9.17, 15) is 18.0 Å². The number of benzene rings is 1. The third kappa shape index (κ3) is 3.53. The molecule has 1 aromatic rings. The minimum absolute atomic E-state index is 0.0119. The maximum absolute atomic E-state index is 12.5. The first kappa shape index (κ1) is 14.0. The molecule has 0 heterocycles. The molecule has 0 aliphatic heterocycles. The van der Waals surface area contributed by atoms with E-state index in [1.165, 1.54) is 18.2 Å². The van der Waals surface area contributed by atoms with Crippen molar-refractivity contribution in [2.24, 2.45) is 0 Å². The maximum atomic E-state index is 12.5. The Labute approximate surface area is 113 Å². The summed E-state index contributed by atoms with van der Waals surface area (Å²) in [6, 6.07) is 3.84. The summed E-state index contributed by atoms with van der Waals surface area (Å²) in [5, 5.41) is 0.104. The highest BCUT2D eigenvalue weighted by Gasteiger charge is 2.41. The highest BCUT2D eigenvalue weighted by atomic mass is 35.5. The van der Waals surface area contributed by atoms with Crippen LogP contribution in [0.25, 0.3) is 0 Å². The van der Waals surface area contributed by atoms with Gasteiger partial charge in [-0.25, -0.2) is 0 Å². The fraction of sp³-hybridized carbons (Fsp3) is 0.417. The number of nitrogens with two attached hydrogens (primary N) is 1. The summed E-state index contributed by atoms with van der Waals surface area (Å²) >= 11 is 5.85. The summed E-state index contributed by atoms with van der Waals surface area (Å²) in [6.45, 7) is -1.26. The number of anilines is 1. The quantitative estimate of drug-likeness (QED) is 0.870. The topological polar surface area (TPSA) is 46.3 Å². The van der Waals surface area contributed by atoms with Gasteiger partial charge in [0.15, 0.2) is 0 Å². The van der Waals surface area contributed by atoms with Crippen molar-refractivity contribution in [1.82, 2.24) is 4.90 Å². The molecule has 3 nitrogen and oxygen atoms in total. The van der Waals surface area contributed by atoms with E-state index in [0.29, 0.717) is 12.8 Å². The number of carbonyl (C=O) groups is 1. The van der Waals surface area contributed by atoms with Gasteiger partial charge in [0, 0.05) is 11.7 Å². The average Bonchev–Trinajstić information content (AvgIpc) is 3.11. The molecule has 0 bridgehead atoms. The van der Waals surface area contributed by atoms with E-state index in [4.69, 9.17) is 17.3 Å². The molecule has 1 fully saturated rings. The molecular weight excluding hydrogens is 281 g/mol. The number of nitrogens with zero attached hydrogens (tertiary/aromatic N) is 1. The molecule has 104 valence electrons. The van der Waals surface area contributed by atoms with Crippen LogP contribution >= 0.6 is 11.6 Å². The largest absolute Gasteiger partial charge is 0.406 e. The van der Waals surface area contributed by atoms with Gasteiger partial charge in [-0.2, -0.15) is 13.2 Å². The lowest BCUT2D eigenvalue weighted by molar-refractivity contribution is -0.141. The Hall–Kier alpha value is -1.43. The first-order valence-corrected chi connectivity index (χ1v) is 6.08. The van der Waals surface area contributed by atoms with Gasteiger partial charge < -0.3 is 10.6 Å². The number of rotatable bonds is 3. The second-order valence-corrected chi connectivity index (χ2v) is 4.93. The summed E-state index contributed by atoms with van der Waals surface area (Å²) in [4.78, 5) is 13.0. The van der Waals surface area contributed by atoms with Crippen molar-refractivity contribution in [1.29, 1.82) is 0 Å².